The summed E-state index contributed by atoms with van der Waals surface area (Å²) in [5.74, 6) is 0.853. The number of methoxy groups -OCH3 is 3. The number of amides is 1. The van der Waals surface area contributed by atoms with Crippen LogP contribution in [0.1, 0.15) is 37.8 Å². The molecule has 1 unspecified atom stereocenters. The molecule has 0 aromatic heterocycles. The molecule has 1 atom stereocenters. The van der Waals surface area contributed by atoms with Crippen molar-refractivity contribution in [1.82, 2.24) is 9.80 Å². The van der Waals surface area contributed by atoms with Crippen LogP contribution in [-0.2, 0) is 14.3 Å². The van der Waals surface area contributed by atoms with E-state index >= 15 is 0 Å². The van der Waals surface area contributed by atoms with Gasteiger partial charge in [-0.2, -0.15) is 0 Å². The van der Waals surface area contributed by atoms with Crippen LogP contribution >= 0.6 is 11.8 Å². The number of carbonyl (C=O) groups is 2. The summed E-state index contributed by atoms with van der Waals surface area (Å²) in [6, 6.07) is 4.91. The number of fused-ring (bicyclic) bond motifs is 1. The highest BCUT2D eigenvalue weighted by atomic mass is 32.2. The number of thioether (sulfide) groups is 1. The molecule has 0 bridgehead atoms. The Kier molecular flexibility index (Phi) is 6.45. The molecule has 0 saturated carbocycles. The van der Waals surface area contributed by atoms with E-state index in [0.29, 0.717) is 27.9 Å². The minimum atomic E-state index is -0.562. The average molecular weight is 458 g/mol. The Labute approximate surface area is 191 Å². The average Bonchev–Trinajstić information content (AvgIpc) is 3.48. The molecule has 0 aliphatic carbocycles. The first kappa shape index (κ1) is 22.3. The Morgan fingerprint density at radius 1 is 1.16 bits per heavy atom. The highest BCUT2D eigenvalue weighted by molar-refractivity contribution is 8.16. The fourth-order valence-electron chi connectivity index (χ4n) is 4.32. The largest absolute Gasteiger partial charge is 0.497 e. The van der Waals surface area contributed by atoms with Crippen LogP contribution in [0.2, 0.25) is 0 Å². The number of amidine groups is 1. The fourth-order valence-corrected chi connectivity index (χ4v) is 5.29. The number of allylic oxidation sites excluding steroid dienone is 1. The van der Waals surface area contributed by atoms with Crippen molar-refractivity contribution in [2.45, 2.75) is 32.2 Å². The standard InChI is InChI=1S/C23H27N3O5S/c1-14-20(22(28)31-4)21(17-12-16(29-2)7-8-18(17)30-3)26-15(13-32-23(26)24-14)11-19(27)25-9-5-6-10-25/h7-8,12-13,21H,5-6,9-11H2,1-4H3. The Balaban J connectivity index is 1.79. The van der Waals surface area contributed by atoms with Crippen molar-refractivity contribution >= 4 is 28.8 Å². The SMILES string of the molecule is COC(=O)C1=C(C)N=C2SC=C(CC(=O)N3CCCC3)N2C1c1cc(OC)ccc1OC. The lowest BCUT2D eigenvalue weighted by atomic mass is 9.93. The Hall–Kier alpha value is -2.94. The molecule has 0 N–H and O–H groups in total. The minimum absolute atomic E-state index is 0.0813. The van der Waals surface area contributed by atoms with Crippen LogP contribution in [0, 0.1) is 0 Å². The summed E-state index contributed by atoms with van der Waals surface area (Å²) >= 11 is 1.45. The molecule has 1 fully saturated rings. The van der Waals surface area contributed by atoms with E-state index in [9.17, 15) is 9.59 Å². The normalized spacial score (nSPS) is 20.1. The molecule has 1 aromatic rings. The Morgan fingerprint density at radius 2 is 1.91 bits per heavy atom. The number of aliphatic imine (C=N–C) groups is 1. The lowest BCUT2D eigenvalue weighted by Crippen LogP contribution is -2.38. The number of benzene rings is 1. The molecule has 170 valence electrons. The third-order valence-electron chi connectivity index (χ3n) is 5.93. The van der Waals surface area contributed by atoms with Crippen LogP contribution in [-0.4, -0.2) is 61.3 Å². The van der Waals surface area contributed by atoms with Crippen molar-refractivity contribution < 1.29 is 23.8 Å². The van der Waals surface area contributed by atoms with Gasteiger partial charge in [-0.3, -0.25) is 4.79 Å². The van der Waals surface area contributed by atoms with E-state index in [2.05, 4.69) is 4.99 Å². The number of rotatable bonds is 6. The van der Waals surface area contributed by atoms with Crippen molar-refractivity contribution in [2.75, 3.05) is 34.4 Å². The van der Waals surface area contributed by atoms with Gasteiger partial charge >= 0.3 is 5.97 Å². The van der Waals surface area contributed by atoms with Gasteiger partial charge in [-0.15, -0.1) is 0 Å². The summed E-state index contributed by atoms with van der Waals surface area (Å²) in [7, 11) is 4.53. The molecule has 1 amide bonds. The van der Waals surface area contributed by atoms with Gasteiger partial charge in [-0.1, -0.05) is 11.8 Å². The maximum atomic E-state index is 12.9. The summed E-state index contributed by atoms with van der Waals surface area (Å²) in [6.45, 7) is 3.38. The number of hydrogen-bond donors (Lipinski definition) is 0. The van der Waals surface area contributed by atoms with Crippen molar-refractivity contribution in [3.63, 3.8) is 0 Å². The van der Waals surface area contributed by atoms with E-state index in [4.69, 9.17) is 14.2 Å². The second-order valence-corrected chi connectivity index (χ2v) is 8.59. The molecular formula is C23H27N3O5S. The number of hydrogen-bond acceptors (Lipinski definition) is 8. The first-order chi connectivity index (χ1) is 15.5. The van der Waals surface area contributed by atoms with Gasteiger partial charge in [0.2, 0.25) is 5.91 Å². The first-order valence-electron chi connectivity index (χ1n) is 10.5. The highest BCUT2D eigenvalue weighted by Gasteiger charge is 2.42. The van der Waals surface area contributed by atoms with E-state index < -0.39 is 12.0 Å². The Morgan fingerprint density at radius 3 is 2.56 bits per heavy atom. The number of nitrogens with zero attached hydrogens (tertiary/aromatic N) is 3. The van der Waals surface area contributed by atoms with Crippen LogP contribution in [0.25, 0.3) is 0 Å². The molecule has 3 heterocycles. The van der Waals surface area contributed by atoms with Gasteiger partial charge in [0, 0.05) is 24.4 Å². The van der Waals surface area contributed by atoms with Crippen molar-refractivity contribution in [3.05, 3.63) is 46.1 Å². The maximum absolute atomic E-state index is 12.9. The third kappa shape index (κ3) is 3.97. The topological polar surface area (TPSA) is 80.7 Å². The van der Waals surface area contributed by atoms with E-state index in [0.717, 1.165) is 37.2 Å². The van der Waals surface area contributed by atoms with Gasteiger partial charge in [-0.25, -0.2) is 9.79 Å². The molecule has 3 aliphatic heterocycles. The summed E-state index contributed by atoms with van der Waals surface area (Å²) < 4.78 is 16.2. The molecule has 0 spiro atoms. The van der Waals surface area contributed by atoms with Gasteiger partial charge in [0.1, 0.15) is 11.5 Å². The van der Waals surface area contributed by atoms with Gasteiger partial charge in [-0.05, 0) is 43.4 Å². The molecule has 8 nitrogen and oxygen atoms in total. The third-order valence-corrected chi connectivity index (χ3v) is 6.82. The van der Waals surface area contributed by atoms with Gasteiger partial charge < -0.3 is 24.0 Å². The number of carbonyl (C=O) groups excluding carboxylic acids is 2. The molecule has 0 radical (unpaired) electrons. The zero-order valence-electron chi connectivity index (χ0n) is 18.7. The van der Waals surface area contributed by atoms with Crippen LogP contribution in [0.5, 0.6) is 11.5 Å². The zero-order valence-corrected chi connectivity index (χ0v) is 19.5. The van der Waals surface area contributed by atoms with Crippen LogP contribution in [0.15, 0.2) is 45.6 Å². The predicted octanol–water partition coefficient (Wildman–Crippen LogP) is 3.46. The number of ether oxygens (including phenoxy) is 3. The summed E-state index contributed by atoms with van der Waals surface area (Å²) in [6.07, 6.45) is 2.31. The molecule has 3 aliphatic rings. The number of esters is 1. The van der Waals surface area contributed by atoms with E-state index in [1.165, 1.54) is 18.9 Å². The van der Waals surface area contributed by atoms with Crippen LogP contribution < -0.4 is 9.47 Å². The van der Waals surface area contributed by atoms with E-state index in [1.54, 1.807) is 27.2 Å². The molecule has 9 heteroatoms. The minimum Gasteiger partial charge on any atom is -0.497 e. The van der Waals surface area contributed by atoms with Crippen molar-refractivity contribution in [2.24, 2.45) is 4.99 Å². The number of likely N-dealkylation sites (tertiary alicyclic amines) is 1. The fraction of sp³-hybridized carbons (Fsp3) is 0.435. The monoisotopic (exact) mass is 457 g/mol. The van der Waals surface area contributed by atoms with E-state index in [-0.39, 0.29) is 12.3 Å². The Bertz CT molecular complexity index is 1030. The molecule has 1 saturated heterocycles. The summed E-state index contributed by atoms with van der Waals surface area (Å²) in [4.78, 5) is 34.3. The lowest BCUT2D eigenvalue weighted by Gasteiger charge is -2.37. The lowest BCUT2D eigenvalue weighted by molar-refractivity contribution is -0.136. The van der Waals surface area contributed by atoms with Crippen molar-refractivity contribution in [3.8, 4) is 11.5 Å². The second kappa shape index (κ2) is 9.28. The molecule has 1 aromatic carbocycles. The van der Waals surface area contributed by atoms with Crippen molar-refractivity contribution in [1.29, 1.82) is 0 Å². The summed E-state index contributed by atoms with van der Waals surface area (Å²) in [5.41, 5.74) is 2.52. The smallest absolute Gasteiger partial charge is 0.338 e. The van der Waals surface area contributed by atoms with Crippen LogP contribution in [0.3, 0.4) is 0 Å². The molecular weight excluding hydrogens is 430 g/mol. The molecule has 32 heavy (non-hydrogen) atoms. The van der Waals surface area contributed by atoms with Gasteiger partial charge in [0.05, 0.1) is 45.1 Å². The highest BCUT2D eigenvalue weighted by Crippen LogP contribution is 2.47. The first-order valence-corrected chi connectivity index (χ1v) is 11.4. The second-order valence-electron chi connectivity index (χ2n) is 7.76. The zero-order chi connectivity index (χ0) is 22.8. The predicted molar refractivity (Wildman–Crippen MR) is 122 cm³/mol. The quantitative estimate of drug-likeness (QED) is 0.605. The molecule has 4 rings (SSSR count). The van der Waals surface area contributed by atoms with Gasteiger partial charge in [0.15, 0.2) is 5.17 Å². The van der Waals surface area contributed by atoms with Gasteiger partial charge in [0.25, 0.3) is 0 Å². The summed E-state index contributed by atoms with van der Waals surface area (Å²) in [5, 5.41) is 2.66. The van der Waals surface area contributed by atoms with E-state index in [1.807, 2.05) is 27.3 Å². The van der Waals surface area contributed by atoms with Crippen LogP contribution in [0.4, 0.5) is 0 Å². The maximum Gasteiger partial charge on any atom is 0.338 e.